The maximum absolute atomic E-state index is 13.9. The summed E-state index contributed by atoms with van der Waals surface area (Å²) in [6.07, 6.45) is 2.19. The molecule has 0 unspecified atom stereocenters. The van der Waals surface area contributed by atoms with Crippen molar-refractivity contribution < 1.29 is 22.7 Å². The molecule has 1 aromatic heterocycles. The molecule has 1 N–H and O–H groups in total. The molecule has 4 rings (SSSR count). The fourth-order valence-electron chi connectivity index (χ4n) is 3.65. The van der Waals surface area contributed by atoms with E-state index in [4.69, 9.17) is 9.15 Å². The van der Waals surface area contributed by atoms with Gasteiger partial charge in [-0.25, -0.2) is 13.8 Å². The smallest absolute Gasteiger partial charge is 0.277 e. The van der Waals surface area contributed by atoms with E-state index < -0.39 is 17.5 Å². The quantitative estimate of drug-likeness (QED) is 0.634. The summed E-state index contributed by atoms with van der Waals surface area (Å²) in [4.78, 5) is 18.6. The van der Waals surface area contributed by atoms with Crippen LogP contribution in [0.15, 0.2) is 47.2 Å². The Morgan fingerprint density at radius 1 is 1.25 bits per heavy atom. The highest BCUT2D eigenvalue weighted by Gasteiger charge is 2.24. The summed E-state index contributed by atoms with van der Waals surface area (Å²) >= 11 is 0. The Bertz CT molecular complexity index is 1180. The van der Waals surface area contributed by atoms with Crippen LogP contribution >= 0.6 is 0 Å². The van der Waals surface area contributed by atoms with Gasteiger partial charge < -0.3 is 19.4 Å². The Kier molecular flexibility index (Phi) is 6.03. The number of anilines is 2. The van der Waals surface area contributed by atoms with Crippen LogP contribution in [0.5, 0.6) is 5.75 Å². The van der Waals surface area contributed by atoms with Crippen molar-refractivity contribution in [2.24, 2.45) is 0 Å². The van der Waals surface area contributed by atoms with E-state index in [1.807, 2.05) is 0 Å². The molecule has 0 spiro atoms. The van der Waals surface area contributed by atoms with Gasteiger partial charge in [0.05, 0.1) is 23.0 Å². The molecule has 0 saturated carbocycles. The number of carbonyl (C=O) groups excluding carboxylic acids is 1. The van der Waals surface area contributed by atoms with Gasteiger partial charge in [-0.1, -0.05) is 0 Å². The van der Waals surface area contributed by atoms with Crippen LogP contribution < -0.4 is 15.0 Å². The number of amides is 1. The molecule has 1 saturated heterocycles. The van der Waals surface area contributed by atoms with Gasteiger partial charge in [0.1, 0.15) is 17.7 Å². The number of aryl methyl sites for hydroxylation is 1. The largest absolute Gasteiger partial charge is 0.487 e. The van der Waals surface area contributed by atoms with Crippen LogP contribution in [-0.4, -0.2) is 30.1 Å². The van der Waals surface area contributed by atoms with Gasteiger partial charge in [-0.3, -0.25) is 4.79 Å². The zero-order chi connectivity index (χ0) is 22.7. The maximum Gasteiger partial charge on any atom is 0.277 e. The molecule has 1 aliphatic heterocycles. The molecule has 2 aromatic carbocycles. The Morgan fingerprint density at radius 2 is 2.03 bits per heavy atom. The number of nitrogens with one attached hydrogen (secondary N) is 1. The monoisotopic (exact) mass is 438 g/mol. The van der Waals surface area contributed by atoms with E-state index in [9.17, 15) is 18.8 Å². The number of aromatic nitrogens is 1. The molecular weight excluding hydrogens is 418 g/mol. The average molecular weight is 438 g/mol. The van der Waals surface area contributed by atoms with E-state index >= 15 is 0 Å². The molecular formula is C23H20F2N4O3. The van der Waals surface area contributed by atoms with Crippen molar-refractivity contribution >= 4 is 17.3 Å². The Morgan fingerprint density at radius 3 is 2.69 bits per heavy atom. The highest BCUT2D eigenvalue weighted by Crippen LogP contribution is 2.31. The first-order valence-corrected chi connectivity index (χ1v) is 10.1. The van der Waals surface area contributed by atoms with Crippen molar-refractivity contribution in [2.45, 2.75) is 25.9 Å². The zero-order valence-electron chi connectivity index (χ0n) is 17.3. The summed E-state index contributed by atoms with van der Waals surface area (Å²) < 4.78 is 37.8. The predicted molar refractivity (Wildman–Crippen MR) is 113 cm³/mol. The highest BCUT2D eigenvalue weighted by molar-refractivity contribution is 6.05. The number of benzene rings is 2. The fraction of sp³-hybridized carbons (Fsp3) is 0.261. The predicted octanol–water partition coefficient (Wildman–Crippen LogP) is 4.43. The number of carbonyl (C=O) groups is 1. The molecule has 1 amide bonds. The van der Waals surface area contributed by atoms with Crippen LogP contribution in [0.3, 0.4) is 0 Å². The number of nitrogens with zero attached hydrogens (tertiary/aromatic N) is 3. The van der Waals surface area contributed by atoms with Crippen molar-refractivity contribution in [2.75, 3.05) is 23.3 Å². The molecule has 7 nitrogen and oxygen atoms in total. The van der Waals surface area contributed by atoms with Crippen LogP contribution in [0.4, 0.5) is 20.2 Å². The van der Waals surface area contributed by atoms with Crippen molar-refractivity contribution in [3.8, 4) is 11.8 Å². The van der Waals surface area contributed by atoms with Crippen LogP contribution in [0, 0.1) is 29.9 Å². The summed E-state index contributed by atoms with van der Waals surface area (Å²) in [5, 5.41) is 12.1. The first kappa shape index (κ1) is 21.3. The summed E-state index contributed by atoms with van der Waals surface area (Å²) in [5.74, 6) is -1.39. The van der Waals surface area contributed by atoms with Gasteiger partial charge in [0.15, 0.2) is 23.7 Å². The number of piperidine rings is 1. The Labute approximate surface area is 183 Å². The van der Waals surface area contributed by atoms with E-state index in [-0.39, 0.29) is 17.5 Å². The number of hydrogen-bond acceptors (Lipinski definition) is 6. The lowest BCUT2D eigenvalue weighted by Crippen LogP contribution is -2.38. The number of oxazole rings is 1. The first-order chi connectivity index (χ1) is 15.4. The fourth-order valence-corrected chi connectivity index (χ4v) is 3.65. The van der Waals surface area contributed by atoms with Gasteiger partial charge in [0.2, 0.25) is 0 Å². The van der Waals surface area contributed by atoms with E-state index in [1.54, 1.807) is 25.1 Å². The van der Waals surface area contributed by atoms with Gasteiger partial charge in [-0.15, -0.1) is 0 Å². The molecule has 3 aromatic rings. The minimum atomic E-state index is -0.729. The number of rotatable bonds is 5. The van der Waals surface area contributed by atoms with E-state index in [0.717, 1.165) is 17.8 Å². The summed E-state index contributed by atoms with van der Waals surface area (Å²) in [6, 6.07) is 10.4. The molecule has 9 heteroatoms. The second-order valence-electron chi connectivity index (χ2n) is 7.43. The molecule has 0 atom stereocenters. The molecule has 0 bridgehead atoms. The topological polar surface area (TPSA) is 91.4 Å². The van der Waals surface area contributed by atoms with Crippen molar-refractivity contribution in [1.82, 2.24) is 4.98 Å². The zero-order valence-corrected chi connectivity index (χ0v) is 17.3. The lowest BCUT2D eigenvalue weighted by molar-refractivity contribution is 0.102. The first-order valence-electron chi connectivity index (χ1n) is 10.1. The van der Waals surface area contributed by atoms with E-state index in [0.29, 0.717) is 42.9 Å². The number of halogens is 2. The minimum absolute atomic E-state index is 0.0270. The Hall–Kier alpha value is -3.93. The molecule has 1 aliphatic rings. The van der Waals surface area contributed by atoms with Crippen LogP contribution in [0.2, 0.25) is 0 Å². The normalized spacial score (nSPS) is 14.1. The van der Waals surface area contributed by atoms with Gasteiger partial charge in [0.25, 0.3) is 5.91 Å². The lowest BCUT2D eigenvalue weighted by Gasteiger charge is -2.34. The average Bonchev–Trinajstić information content (AvgIpc) is 3.22. The molecule has 1 fully saturated rings. The minimum Gasteiger partial charge on any atom is -0.487 e. The summed E-state index contributed by atoms with van der Waals surface area (Å²) in [6.45, 7) is 2.82. The standard InChI is InChI=1S/C23H20F2N4O3/c1-14-22(27-13-31-14)23(30)28-19-10-15(12-26)2-4-20(19)29-8-6-17(7-9-29)32-21-5-3-16(24)11-18(21)25/h2-5,10-11,13,17H,6-9H2,1H3,(H,28,30). The Balaban J connectivity index is 1.47. The van der Waals surface area contributed by atoms with Crippen LogP contribution in [0.25, 0.3) is 0 Å². The van der Waals surface area contributed by atoms with Crippen molar-refractivity contribution in [1.29, 1.82) is 5.26 Å². The third-order valence-electron chi connectivity index (χ3n) is 5.30. The maximum atomic E-state index is 13.9. The van der Waals surface area contributed by atoms with E-state index in [2.05, 4.69) is 21.3 Å². The number of hydrogen-bond donors (Lipinski definition) is 1. The van der Waals surface area contributed by atoms with Crippen LogP contribution in [0.1, 0.15) is 34.7 Å². The van der Waals surface area contributed by atoms with Crippen molar-refractivity contribution in [3.63, 3.8) is 0 Å². The van der Waals surface area contributed by atoms with E-state index in [1.165, 1.54) is 12.5 Å². The second-order valence-corrected chi connectivity index (χ2v) is 7.43. The summed E-state index contributed by atoms with van der Waals surface area (Å²) in [5.41, 5.74) is 1.82. The third-order valence-corrected chi connectivity index (χ3v) is 5.30. The molecule has 32 heavy (non-hydrogen) atoms. The van der Waals surface area contributed by atoms with Gasteiger partial charge in [0, 0.05) is 32.0 Å². The van der Waals surface area contributed by atoms with Gasteiger partial charge >= 0.3 is 0 Å². The highest BCUT2D eigenvalue weighted by atomic mass is 19.1. The second kappa shape index (κ2) is 9.06. The molecule has 2 heterocycles. The van der Waals surface area contributed by atoms with Crippen LogP contribution in [-0.2, 0) is 0 Å². The molecule has 0 radical (unpaired) electrons. The number of nitriles is 1. The van der Waals surface area contributed by atoms with Gasteiger partial charge in [-0.05, 0) is 37.3 Å². The molecule has 0 aliphatic carbocycles. The SMILES string of the molecule is Cc1ocnc1C(=O)Nc1cc(C#N)ccc1N1CCC(Oc2ccc(F)cc2F)CC1. The summed E-state index contributed by atoms with van der Waals surface area (Å²) in [7, 11) is 0. The number of ether oxygens (including phenoxy) is 1. The molecule has 164 valence electrons. The van der Waals surface area contributed by atoms with Crippen molar-refractivity contribution in [3.05, 3.63) is 71.4 Å². The van der Waals surface area contributed by atoms with Gasteiger partial charge in [-0.2, -0.15) is 5.26 Å². The lowest BCUT2D eigenvalue weighted by atomic mass is 10.1. The third kappa shape index (κ3) is 4.54.